The molecule has 0 aromatic carbocycles. The summed E-state index contributed by atoms with van der Waals surface area (Å²) in [6, 6.07) is 3.91. The van der Waals surface area contributed by atoms with Gasteiger partial charge in [0.25, 0.3) is 0 Å². The van der Waals surface area contributed by atoms with Crippen molar-refractivity contribution in [1.29, 1.82) is 0 Å². The fraction of sp³-hybridized carbons (Fsp3) is 0.375. The van der Waals surface area contributed by atoms with Gasteiger partial charge in [-0.05, 0) is 13.8 Å². The van der Waals surface area contributed by atoms with Crippen LogP contribution in [0.3, 0.4) is 0 Å². The van der Waals surface area contributed by atoms with Crippen molar-refractivity contribution in [3.05, 3.63) is 29.7 Å². The topological polar surface area (TPSA) is 39.0 Å². The Labute approximate surface area is 66.3 Å². The maximum atomic E-state index is 10.6. The summed E-state index contributed by atoms with van der Waals surface area (Å²) in [5.41, 5.74) is 0.979. The lowest BCUT2D eigenvalue weighted by Gasteiger charge is -2.08. The predicted octanol–water partition coefficient (Wildman–Crippen LogP) is 1.14. The molecule has 3 nitrogen and oxygen atoms in total. The normalized spacial score (nSPS) is 10.1. The third-order valence-electron chi connectivity index (χ3n) is 1.26. The second-order valence-corrected chi connectivity index (χ2v) is 2.75. The lowest BCUT2D eigenvalue weighted by Crippen LogP contribution is -2.24. The van der Waals surface area contributed by atoms with Crippen LogP contribution in [0, 0.1) is 5.21 Å². The van der Waals surface area contributed by atoms with Crippen molar-refractivity contribution >= 4 is 5.69 Å². The Kier molecular flexibility index (Phi) is 2.31. The average Bonchev–Trinajstić information content (AvgIpc) is 1.93. The molecule has 1 N–H and O–H groups in total. The van der Waals surface area contributed by atoms with Crippen molar-refractivity contribution < 1.29 is 4.73 Å². The maximum absolute atomic E-state index is 10.6. The molecule has 0 saturated heterocycles. The summed E-state index contributed by atoms with van der Waals surface area (Å²) in [6.45, 7) is 4.11. The van der Waals surface area contributed by atoms with Gasteiger partial charge in [0.2, 0.25) is 0 Å². The summed E-state index contributed by atoms with van der Waals surface area (Å²) in [5.74, 6) is 0. The fourth-order valence-electron chi connectivity index (χ4n) is 0.842. The minimum atomic E-state index is 0.400. The first-order valence-corrected chi connectivity index (χ1v) is 3.64. The van der Waals surface area contributed by atoms with Gasteiger partial charge in [-0.3, -0.25) is 0 Å². The van der Waals surface area contributed by atoms with E-state index in [-0.39, 0.29) is 0 Å². The minimum Gasteiger partial charge on any atom is -0.619 e. The van der Waals surface area contributed by atoms with Crippen molar-refractivity contribution in [1.82, 2.24) is 0 Å². The van der Waals surface area contributed by atoms with E-state index >= 15 is 0 Å². The molecule has 3 heteroatoms. The number of hydrogen-bond acceptors (Lipinski definition) is 2. The largest absolute Gasteiger partial charge is 0.619 e. The van der Waals surface area contributed by atoms with E-state index in [9.17, 15) is 5.21 Å². The molecule has 0 spiro atoms. The highest BCUT2D eigenvalue weighted by Crippen LogP contribution is 2.03. The fourth-order valence-corrected chi connectivity index (χ4v) is 0.842. The molecule has 0 radical (unpaired) electrons. The summed E-state index contributed by atoms with van der Waals surface area (Å²) in [6.07, 6.45) is 2.95. The van der Waals surface area contributed by atoms with Gasteiger partial charge >= 0.3 is 0 Å². The molecule has 1 heterocycles. The second kappa shape index (κ2) is 3.23. The molecule has 11 heavy (non-hydrogen) atoms. The van der Waals surface area contributed by atoms with Gasteiger partial charge in [-0.1, -0.05) is 0 Å². The lowest BCUT2D eigenvalue weighted by molar-refractivity contribution is -0.605. The van der Waals surface area contributed by atoms with Crippen LogP contribution in [0.1, 0.15) is 13.8 Å². The molecule has 0 aliphatic carbocycles. The van der Waals surface area contributed by atoms with Crippen molar-refractivity contribution in [3.8, 4) is 0 Å². The van der Waals surface area contributed by atoms with Crippen LogP contribution >= 0.6 is 0 Å². The average molecular weight is 152 g/mol. The van der Waals surface area contributed by atoms with E-state index in [1.165, 1.54) is 12.4 Å². The van der Waals surface area contributed by atoms with E-state index in [1.807, 2.05) is 0 Å². The summed E-state index contributed by atoms with van der Waals surface area (Å²) in [7, 11) is 0. The quantitative estimate of drug-likeness (QED) is 0.510. The Bertz CT molecular complexity index is 218. The number of rotatable bonds is 2. The van der Waals surface area contributed by atoms with Gasteiger partial charge < -0.3 is 10.5 Å². The van der Waals surface area contributed by atoms with Crippen molar-refractivity contribution in [2.75, 3.05) is 5.32 Å². The van der Waals surface area contributed by atoms with Crippen LogP contribution in [0.15, 0.2) is 24.5 Å². The monoisotopic (exact) mass is 152 g/mol. The van der Waals surface area contributed by atoms with Crippen LogP contribution in [0.5, 0.6) is 0 Å². The number of pyridine rings is 1. The Morgan fingerprint density at radius 3 is 2.36 bits per heavy atom. The van der Waals surface area contributed by atoms with Crippen molar-refractivity contribution in [3.63, 3.8) is 0 Å². The smallest absolute Gasteiger partial charge is 0.182 e. The molecule has 1 aromatic rings. The van der Waals surface area contributed by atoms with E-state index in [1.54, 1.807) is 12.1 Å². The SMILES string of the molecule is CC(C)Nc1cc[n+]([O-])cc1. The zero-order chi connectivity index (χ0) is 8.27. The van der Waals surface area contributed by atoms with E-state index in [0.29, 0.717) is 6.04 Å². The Morgan fingerprint density at radius 2 is 1.91 bits per heavy atom. The number of nitrogens with zero attached hydrogens (tertiary/aromatic N) is 1. The van der Waals surface area contributed by atoms with Crippen molar-refractivity contribution in [2.24, 2.45) is 0 Å². The standard InChI is InChI=1S/C8H12N2O/c1-7(2)9-8-3-5-10(11)6-4-8/h3-7,9H,1-2H3. The van der Waals surface area contributed by atoms with Crippen LogP contribution in [0.2, 0.25) is 0 Å². The van der Waals surface area contributed by atoms with Gasteiger partial charge in [0.1, 0.15) is 0 Å². The molecule has 1 rings (SSSR count). The molecule has 1 aromatic heterocycles. The zero-order valence-corrected chi connectivity index (χ0v) is 6.74. The summed E-state index contributed by atoms with van der Waals surface area (Å²) in [5, 5.41) is 13.8. The van der Waals surface area contributed by atoms with Gasteiger partial charge in [-0.25, -0.2) is 0 Å². The Hall–Kier alpha value is -1.25. The second-order valence-electron chi connectivity index (χ2n) is 2.75. The molecule has 60 valence electrons. The summed E-state index contributed by atoms with van der Waals surface area (Å²) >= 11 is 0. The highest BCUT2D eigenvalue weighted by molar-refractivity contribution is 5.40. The van der Waals surface area contributed by atoms with E-state index in [0.717, 1.165) is 10.4 Å². The van der Waals surface area contributed by atoms with Gasteiger partial charge in [-0.2, -0.15) is 4.73 Å². The van der Waals surface area contributed by atoms with Gasteiger partial charge in [0.15, 0.2) is 12.4 Å². The third kappa shape index (κ3) is 2.45. The summed E-state index contributed by atoms with van der Waals surface area (Å²) in [4.78, 5) is 0. The number of nitrogens with one attached hydrogen (secondary N) is 1. The summed E-state index contributed by atoms with van der Waals surface area (Å²) < 4.78 is 0.769. The first-order valence-electron chi connectivity index (χ1n) is 3.64. The van der Waals surface area contributed by atoms with E-state index in [2.05, 4.69) is 19.2 Å². The molecular formula is C8H12N2O. The van der Waals surface area contributed by atoms with Crippen LogP contribution in [-0.4, -0.2) is 6.04 Å². The highest BCUT2D eigenvalue weighted by Gasteiger charge is 1.95. The molecule has 0 amide bonds. The first-order chi connectivity index (χ1) is 5.18. The van der Waals surface area contributed by atoms with Gasteiger partial charge in [0, 0.05) is 23.9 Å². The van der Waals surface area contributed by atoms with E-state index < -0.39 is 0 Å². The van der Waals surface area contributed by atoms with Crippen LogP contribution < -0.4 is 10.0 Å². The Balaban J connectivity index is 2.66. The van der Waals surface area contributed by atoms with Gasteiger partial charge in [-0.15, -0.1) is 0 Å². The molecule has 0 fully saturated rings. The molecular weight excluding hydrogens is 140 g/mol. The number of hydrogen-bond donors (Lipinski definition) is 1. The zero-order valence-electron chi connectivity index (χ0n) is 6.74. The maximum Gasteiger partial charge on any atom is 0.182 e. The molecule has 0 unspecified atom stereocenters. The molecule has 0 bridgehead atoms. The highest BCUT2D eigenvalue weighted by atomic mass is 16.5. The predicted molar refractivity (Wildman–Crippen MR) is 44.2 cm³/mol. The van der Waals surface area contributed by atoms with Crippen LogP contribution in [0.4, 0.5) is 5.69 Å². The molecule has 0 saturated carbocycles. The molecule has 0 atom stereocenters. The first kappa shape index (κ1) is 7.85. The van der Waals surface area contributed by atoms with E-state index in [4.69, 9.17) is 0 Å². The lowest BCUT2D eigenvalue weighted by atomic mass is 10.3. The van der Waals surface area contributed by atoms with Crippen LogP contribution in [0.25, 0.3) is 0 Å². The van der Waals surface area contributed by atoms with Gasteiger partial charge in [0.05, 0.1) is 0 Å². The van der Waals surface area contributed by atoms with Crippen molar-refractivity contribution in [2.45, 2.75) is 19.9 Å². The number of anilines is 1. The third-order valence-corrected chi connectivity index (χ3v) is 1.26. The number of aromatic nitrogens is 1. The Morgan fingerprint density at radius 1 is 1.36 bits per heavy atom. The molecule has 0 aliphatic heterocycles. The molecule has 0 aliphatic rings. The van der Waals surface area contributed by atoms with Crippen LogP contribution in [-0.2, 0) is 0 Å². The minimum absolute atomic E-state index is 0.400.